The summed E-state index contributed by atoms with van der Waals surface area (Å²) in [5.74, 6) is -0.173. The molecule has 2 amide bonds. The molecule has 0 unspecified atom stereocenters. The molecule has 1 heterocycles. The Kier molecular flexibility index (Phi) is 3.99. The van der Waals surface area contributed by atoms with Gasteiger partial charge in [-0.1, -0.05) is 18.2 Å². The summed E-state index contributed by atoms with van der Waals surface area (Å²) < 4.78 is 0.927. The number of aryl methyl sites for hydroxylation is 1. The van der Waals surface area contributed by atoms with E-state index in [1.165, 1.54) is 11.3 Å². The van der Waals surface area contributed by atoms with Gasteiger partial charge in [-0.3, -0.25) is 10.1 Å². The summed E-state index contributed by atoms with van der Waals surface area (Å²) in [7, 11) is 0. The van der Waals surface area contributed by atoms with Gasteiger partial charge in [0, 0.05) is 16.1 Å². The fourth-order valence-corrected chi connectivity index (χ4v) is 3.19. The Bertz CT molecular complexity index is 902. The molecule has 116 valence electrons. The van der Waals surface area contributed by atoms with Crippen LogP contribution in [0.4, 0.5) is 16.2 Å². The van der Waals surface area contributed by atoms with E-state index < -0.39 is 6.09 Å². The molecule has 0 saturated carbocycles. The molecular weight excluding hydrogens is 312 g/mol. The normalized spacial score (nSPS) is 10.5. The zero-order valence-corrected chi connectivity index (χ0v) is 13.1. The van der Waals surface area contributed by atoms with Crippen LogP contribution in [0.15, 0.2) is 48.5 Å². The molecule has 2 aromatic carbocycles. The van der Waals surface area contributed by atoms with Crippen molar-refractivity contribution in [2.75, 3.05) is 10.6 Å². The van der Waals surface area contributed by atoms with Gasteiger partial charge in [-0.05, 0) is 48.2 Å². The minimum Gasteiger partial charge on any atom is -0.465 e. The number of carboxylic acid groups (broad SMARTS) is 1. The van der Waals surface area contributed by atoms with Gasteiger partial charge >= 0.3 is 6.09 Å². The van der Waals surface area contributed by atoms with Crippen molar-refractivity contribution in [3.05, 3.63) is 59.0 Å². The molecule has 6 heteroatoms. The number of nitrogens with one attached hydrogen (secondary N) is 2. The van der Waals surface area contributed by atoms with Crippen LogP contribution >= 0.6 is 11.3 Å². The van der Waals surface area contributed by atoms with Gasteiger partial charge in [0.15, 0.2) is 0 Å². The molecule has 23 heavy (non-hydrogen) atoms. The minimum absolute atomic E-state index is 0.173. The van der Waals surface area contributed by atoms with Crippen LogP contribution in [0.3, 0.4) is 0 Å². The van der Waals surface area contributed by atoms with Crippen molar-refractivity contribution >= 4 is 44.8 Å². The Morgan fingerprint density at radius 1 is 1.04 bits per heavy atom. The molecule has 0 aliphatic heterocycles. The van der Waals surface area contributed by atoms with Crippen LogP contribution in [-0.2, 0) is 0 Å². The van der Waals surface area contributed by atoms with Crippen LogP contribution in [0.5, 0.6) is 0 Å². The molecule has 3 aromatic rings. The van der Waals surface area contributed by atoms with E-state index in [0.29, 0.717) is 10.6 Å². The second-order valence-electron chi connectivity index (χ2n) is 5.06. The van der Waals surface area contributed by atoms with E-state index in [1.807, 2.05) is 31.2 Å². The lowest BCUT2D eigenvalue weighted by Gasteiger charge is -2.06. The summed E-state index contributed by atoms with van der Waals surface area (Å²) >= 11 is 1.37. The summed E-state index contributed by atoms with van der Waals surface area (Å²) in [5, 5.41) is 14.8. The van der Waals surface area contributed by atoms with Gasteiger partial charge in [-0.15, -0.1) is 11.3 Å². The molecule has 5 nitrogen and oxygen atoms in total. The van der Waals surface area contributed by atoms with Crippen LogP contribution in [-0.4, -0.2) is 17.1 Å². The van der Waals surface area contributed by atoms with E-state index in [4.69, 9.17) is 5.11 Å². The van der Waals surface area contributed by atoms with Crippen molar-refractivity contribution in [1.29, 1.82) is 0 Å². The lowest BCUT2D eigenvalue weighted by atomic mass is 10.2. The molecule has 0 bridgehead atoms. The number of hydrogen-bond acceptors (Lipinski definition) is 3. The standard InChI is InChI=1S/C17H14N2O3S/c1-10-4-2-3-5-13(10)19-16(20)15-9-11-8-12(18-17(21)22)6-7-14(11)23-15/h2-9,18H,1H3,(H,19,20)(H,21,22). The first kappa shape index (κ1) is 15.1. The molecule has 0 saturated heterocycles. The maximum absolute atomic E-state index is 12.4. The maximum Gasteiger partial charge on any atom is 0.409 e. The largest absolute Gasteiger partial charge is 0.465 e. The minimum atomic E-state index is -1.11. The fourth-order valence-electron chi connectivity index (χ4n) is 2.25. The second kappa shape index (κ2) is 6.10. The summed E-state index contributed by atoms with van der Waals surface area (Å²) in [6.07, 6.45) is -1.11. The molecule has 0 atom stereocenters. The van der Waals surface area contributed by atoms with Crippen molar-refractivity contribution in [3.8, 4) is 0 Å². The first-order chi connectivity index (χ1) is 11.0. The number of hydrogen-bond donors (Lipinski definition) is 3. The van der Waals surface area contributed by atoms with E-state index in [0.717, 1.165) is 21.3 Å². The molecule has 0 aliphatic rings. The van der Waals surface area contributed by atoms with Gasteiger partial charge in [0.25, 0.3) is 5.91 Å². The first-order valence-electron chi connectivity index (χ1n) is 6.93. The Morgan fingerprint density at radius 3 is 2.57 bits per heavy atom. The molecule has 0 fully saturated rings. The summed E-state index contributed by atoms with van der Waals surface area (Å²) in [6.45, 7) is 1.93. The predicted molar refractivity (Wildman–Crippen MR) is 92.6 cm³/mol. The number of benzene rings is 2. The highest BCUT2D eigenvalue weighted by Crippen LogP contribution is 2.29. The van der Waals surface area contributed by atoms with E-state index in [1.54, 1.807) is 24.3 Å². The number of anilines is 2. The number of rotatable bonds is 3. The number of carbonyl (C=O) groups is 2. The van der Waals surface area contributed by atoms with Gasteiger partial charge in [0.05, 0.1) is 4.88 Å². The molecular formula is C17H14N2O3S. The van der Waals surface area contributed by atoms with Crippen LogP contribution in [0.1, 0.15) is 15.2 Å². The summed E-state index contributed by atoms with van der Waals surface area (Å²) in [4.78, 5) is 23.6. The highest BCUT2D eigenvalue weighted by molar-refractivity contribution is 7.20. The molecule has 0 aliphatic carbocycles. The lowest BCUT2D eigenvalue weighted by Crippen LogP contribution is -2.10. The second-order valence-corrected chi connectivity index (χ2v) is 6.15. The van der Waals surface area contributed by atoms with Crippen LogP contribution in [0.2, 0.25) is 0 Å². The number of carbonyl (C=O) groups excluding carboxylic acids is 1. The molecule has 0 spiro atoms. The van der Waals surface area contributed by atoms with Gasteiger partial charge in [0.2, 0.25) is 0 Å². The van der Waals surface area contributed by atoms with E-state index in [-0.39, 0.29) is 5.91 Å². The highest BCUT2D eigenvalue weighted by atomic mass is 32.1. The third-order valence-corrected chi connectivity index (χ3v) is 4.50. The Hall–Kier alpha value is -2.86. The van der Waals surface area contributed by atoms with Crippen LogP contribution in [0.25, 0.3) is 10.1 Å². The molecule has 0 radical (unpaired) electrons. The van der Waals surface area contributed by atoms with Crippen LogP contribution < -0.4 is 10.6 Å². The van der Waals surface area contributed by atoms with E-state index >= 15 is 0 Å². The van der Waals surface area contributed by atoms with E-state index in [9.17, 15) is 9.59 Å². The van der Waals surface area contributed by atoms with Gasteiger partial charge < -0.3 is 10.4 Å². The summed E-state index contributed by atoms with van der Waals surface area (Å²) in [5.41, 5.74) is 2.26. The maximum atomic E-state index is 12.4. The lowest BCUT2D eigenvalue weighted by molar-refractivity contribution is 0.103. The van der Waals surface area contributed by atoms with Gasteiger partial charge in [0.1, 0.15) is 0 Å². The monoisotopic (exact) mass is 326 g/mol. The van der Waals surface area contributed by atoms with Crippen LogP contribution in [0, 0.1) is 6.92 Å². The smallest absolute Gasteiger partial charge is 0.409 e. The molecule has 1 aromatic heterocycles. The third kappa shape index (κ3) is 3.32. The quantitative estimate of drug-likeness (QED) is 0.660. The van der Waals surface area contributed by atoms with Gasteiger partial charge in [-0.2, -0.15) is 0 Å². The zero-order valence-electron chi connectivity index (χ0n) is 12.3. The fraction of sp³-hybridized carbons (Fsp3) is 0.0588. The number of amides is 2. The number of fused-ring (bicyclic) bond motifs is 1. The predicted octanol–water partition coefficient (Wildman–Crippen LogP) is 4.55. The molecule has 3 N–H and O–H groups in total. The van der Waals surface area contributed by atoms with E-state index in [2.05, 4.69) is 10.6 Å². The van der Waals surface area contributed by atoms with Crippen molar-refractivity contribution in [2.45, 2.75) is 6.92 Å². The van der Waals surface area contributed by atoms with Crippen molar-refractivity contribution in [1.82, 2.24) is 0 Å². The van der Waals surface area contributed by atoms with Gasteiger partial charge in [-0.25, -0.2) is 4.79 Å². The average Bonchev–Trinajstić information content (AvgIpc) is 2.92. The van der Waals surface area contributed by atoms with Crippen molar-refractivity contribution < 1.29 is 14.7 Å². The highest BCUT2D eigenvalue weighted by Gasteiger charge is 2.12. The number of thiophene rings is 1. The molecule has 3 rings (SSSR count). The topological polar surface area (TPSA) is 78.4 Å². The zero-order chi connectivity index (χ0) is 16.4. The Labute approximate surface area is 136 Å². The van der Waals surface area contributed by atoms with Crippen molar-refractivity contribution in [2.24, 2.45) is 0 Å². The summed E-state index contributed by atoms with van der Waals surface area (Å²) in [6, 6.07) is 14.5. The average molecular weight is 326 g/mol. The number of para-hydroxylation sites is 1. The SMILES string of the molecule is Cc1ccccc1NC(=O)c1cc2cc(NC(=O)O)ccc2s1. The first-order valence-corrected chi connectivity index (χ1v) is 7.75. The third-order valence-electron chi connectivity index (χ3n) is 3.38. The Morgan fingerprint density at radius 2 is 1.83 bits per heavy atom. The Balaban J connectivity index is 1.86. The van der Waals surface area contributed by atoms with Crippen molar-refractivity contribution in [3.63, 3.8) is 0 Å².